The Morgan fingerprint density at radius 3 is 2.13 bits per heavy atom. The summed E-state index contributed by atoms with van der Waals surface area (Å²) in [6, 6.07) is 9.31. The van der Waals surface area contributed by atoms with Crippen LogP contribution in [0.25, 0.3) is 0 Å². The number of hydrogen-bond donors (Lipinski definition) is 3. The fraction of sp³-hybridized carbons (Fsp3) is 0.0667. The van der Waals surface area contributed by atoms with Crippen LogP contribution in [0.5, 0.6) is 0 Å². The molecule has 0 atom stereocenters. The molecule has 0 aliphatic rings. The monoisotopic (exact) mass is 323 g/mol. The second kappa shape index (κ2) is 6.39. The highest BCUT2D eigenvalue weighted by Crippen LogP contribution is 2.30. The van der Waals surface area contributed by atoms with Crippen LogP contribution in [-0.2, 0) is 6.18 Å². The Kier molecular flexibility index (Phi) is 4.54. The van der Waals surface area contributed by atoms with Crippen LogP contribution in [0, 0.1) is 0 Å². The summed E-state index contributed by atoms with van der Waals surface area (Å²) in [7, 11) is 0. The maximum absolute atomic E-state index is 12.6. The number of alkyl halides is 3. The highest BCUT2D eigenvalue weighted by Gasteiger charge is 2.30. The fourth-order valence-corrected chi connectivity index (χ4v) is 1.82. The fourth-order valence-electron chi connectivity index (χ4n) is 1.82. The number of nitrogens with two attached hydrogens (primary N) is 1. The van der Waals surface area contributed by atoms with E-state index in [0.717, 1.165) is 12.1 Å². The molecule has 2 aromatic carbocycles. The molecule has 0 saturated carbocycles. The largest absolute Gasteiger partial charge is 0.416 e. The van der Waals surface area contributed by atoms with Crippen LogP contribution in [0.1, 0.15) is 15.9 Å². The Hall–Kier alpha value is -3.03. The van der Waals surface area contributed by atoms with E-state index in [-0.39, 0.29) is 11.3 Å². The standard InChI is InChI=1S/C15H12F3N3O2/c16-15(17,18)10-2-1-3-12(8-10)20-13(22)9-4-6-11(7-5-9)21-14(19)23/h1-8H,(H,20,22)(H3,19,21,23). The maximum atomic E-state index is 12.6. The summed E-state index contributed by atoms with van der Waals surface area (Å²) in [5.41, 5.74) is 4.75. The third-order valence-electron chi connectivity index (χ3n) is 2.86. The van der Waals surface area contributed by atoms with E-state index in [2.05, 4.69) is 10.6 Å². The number of carbonyl (C=O) groups excluding carboxylic acids is 2. The van der Waals surface area contributed by atoms with Crippen LogP contribution in [0.4, 0.5) is 29.3 Å². The van der Waals surface area contributed by atoms with Gasteiger partial charge >= 0.3 is 12.2 Å². The molecule has 0 bridgehead atoms. The number of primary amides is 1. The molecule has 0 saturated heterocycles. The van der Waals surface area contributed by atoms with Crippen molar-refractivity contribution < 1.29 is 22.8 Å². The van der Waals surface area contributed by atoms with Gasteiger partial charge in [0.25, 0.3) is 5.91 Å². The van der Waals surface area contributed by atoms with Gasteiger partial charge in [-0.3, -0.25) is 4.79 Å². The second-order valence-electron chi connectivity index (χ2n) is 4.60. The van der Waals surface area contributed by atoms with Crippen molar-refractivity contribution in [3.05, 3.63) is 59.7 Å². The van der Waals surface area contributed by atoms with Crippen molar-refractivity contribution in [2.75, 3.05) is 10.6 Å². The normalized spacial score (nSPS) is 10.9. The zero-order chi connectivity index (χ0) is 17.0. The first-order valence-electron chi connectivity index (χ1n) is 6.41. The molecule has 5 nitrogen and oxygen atoms in total. The number of anilines is 2. The molecule has 0 radical (unpaired) electrons. The van der Waals surface area contributed by atoms with E-state index in [9.17, 15) is 22.8 Å². The predicted octanol–water partition coefficient (Wildman–Crippen LogP) is 3.45. The Labute approximate surface area is 129 Å². The third kappa shape index (κ3) is 4.47. The van der Waals surface area contributed by atoms with Gasteiger partial charge in [0, 0.05) is 16.9 Å². The molecule has 0 unspecified atom stereocenters. The van der Waals surface area contributed by atoms with Gasteiger partial charge in [-0.1, -0.05) is 6.07 Å². The van der Waals surface area contributed by atoms with Crippen molar-refractivity contribution >= 4 is 23.3 Å². The first-order chi connectivity index (χ1) is 10.8. The minimum absolute atomic E-state index is 0.0316. The summed E-state index contributed by atoms with van der Waals surface area (Å²) in [6.45, 7) is 0. The lowest BCUT2D eigenvalue weighted by Gasteiger charge is -2.10. The molecular weight excluding hydrogens is 311 g/mol. The summed E-state index contributed by atoms with van der Waals surface area (Å²) >= 11 is 0. The minimum atomic E-state index is -4.48. The maximum Gasteiger partial charge on any atom is 0.416 e. The number of urea groups is 1. The lowest BCUT2D eigenvalue weighted by Crippen LogP contribution is -2.19. The van der Waals surface area contributed by atoms with E-state index in [0.29, 0.717) is 5.69 Å². The molecule has 3 amide bonds. The summed E-state index contributed by atoms with van der Waals surface area (Å²) in [6.07, 6.45) is -4.48. The lowest BCUT2D eigenvalue weighted by molar-refractivity contribution is -0.137. The van der Waals surface area contributed by atoms with Gasteiger partial charge in [0.05, 0.1) is 5.56 Å². The molecule has 120 valence electrons. The molecule has 0 heterocycles. The zero-order valence-corrected chi connectivity index (χ0v) is 11.6. The summed E-state index contributed by atoms with van der Waals surface area (Å²) in [4.78, 5) is 22.7. The van der Waals surface area contributed by atoms with Crippen LogP contribution >= 0.6 is 0 Å². The summed E-state index contributed by atoms with van der Waals surface area (Å²) in [5, 5.41) is 4.71. The first kappa shape index (κ1) is 16.3. The predicted molar refractivity (Wildman–Crippen MR) is 79.0 cm³/mol. The van der Waals surface area contributed by atoms with Gasteiger partial charge in [-0.15, -0.1) is 0 Å². The number of halogens is 3. The quantitative estimate of drug-likeness (QED) is 0.808. The van der Waals surface area contributed by atoms with Crippen LogP contribution in [0.3, 0.4) is 0 Å². The highest BCUT2D eigenvalue weighted by atomic mass is 19.4. The van der Waals surface area contributed by atoms with Crippen molar-refractivity contribution in [3.8, 4) is 0 Å². The average molecular weight is 323 g/mol. The first-order valence-corrected chi connectivity index (χ1v) is 6.41. The van der Waals surface area contributed by atoms with E-state index in [1.807, 2.05) is 0 Å². The second-order valence-corrected chi connectivity index (χ2v) is 4.60. The molecule has 2 aromatic rings. The topological polar surface area (TPSA) is 84.2 Å². The molecule has 4 N–H and O–H groups in total. The molecule has 8 heteroatoms. The van der Waals surface area contributed by atoms with E-state index < -0.39 is 23.7 Å². The van der Waals surface area contributed by atoms with Gasteiger partial charge < -0.3 is 16.4 Å². The van der Waals surface area contributed by atoms with Crippen molar-refractivity contribution in [3.63, 3.8) is 0 Å². The number of carbonyl (C=O) groups is 2. The molecule has 23 heavy (non-hydrogen) atoms. The molecular formula is C15H12F3N3O2. The highest BCUT2D eigenvalue weighted by molar-refractivity contribution is 6.04. The van der Waals surface area contributed by atoms with E-state index in [1.165, 1.54) is 36.4 Å². The number of nitrogens with one attached hydrogen (secondary N) is 2. The SMILES string of the molecule is NC(=O)Nc1ccc(C(=O)Nc2cccc(C(F)(F)F)c2)cc1. The molecule has 0 aliphatic carbocycles. The van der Waals surface area contributed by atoms with Gasteiger partial charge in [0.2, 0.25) is 0 Å². The van der Waals surface area contributed by atoms with Crippen LogP contribution in [-0.4, -0.2) is 11.9 Å². The van der Waals surface area contributed by atoms with Gasteiger partial charge in [0.1, 0.15) is 0 Å². The Morgan fingerprint density at radius 1 is 0.913 bits per heavy atom. The van der Waals surface area contributed by atoms with Crippen LogP contribution in [0.2, 0.25) is 0 Å². The Bertz CT molecular complexity index is 727. The van der Waals surface area contributed by atoms with E-state index in [1.54, 1.807) is 0 Å². The summed E-state index contributed by atoms with van der Waals surface area (Å²) in [5.74, 6) is -0.574. The molecule has 0 spiro atoms. The van der Waals surface area contributed by atoms with Gasteiger partial charge in [0.15, 0.2) is 0 Å². The van der Waals surface area contributed by atoms with Crippen LogP contribution < -0.4 is 16.4 Å². The molecule has 0 aliphatic heterocycles. The molecule has 2 rings (SSSR count). The van der Waals surface area contributed by atoms with Gasteiger partial charge in [-0.25, -0.2) is 4.79 Å². The number of benzene rings is 2. The number of hydrogen-bond acceptors (Lipinski definition) is 2. The van der Waals surface area contributed by atoms with Crippen molar-refractivity contribution in [2.45, 2.75) is 6.18 Å². The van der Waals surface area contributed by atoms with E-state index in [4.69, 9.17) is 5.73 Å². The molecule has 0 aromatic heterocycles. The Balaban J connectivity index is 2.11. The van der Waals surface area contributed by atoms with E-state index >= 15 is 0 Å². The molecule has 0 fully saturated rings. The van der Waals surface area contributed by atoms with Crippen molar-refractivity contribution in [2.24, 2.45) is 5.73 Å². The number of rotatable bonds is 3. The van der Waals surface area contributed by atoms with Gasteiger partial charge in [-0.05, 0) is 42.5 Å². The minimum Gasteiger partial charge on any atom is -0.351 e. The van der Waals surface area contributed by atoms with Gasteiger partial charge in [-0.2, -0.15) is 13.2 Å². The van der Waals surface area contributed by atoms with Crippen molar-refractivity contribution in [1.82, 2.24) is 0 Å². The smallest absolute Gasteiger partial charge is 0.351 e. The van der Waals surface area contributed by atoms with Crippen LogP contribution in [0.15, 0.2) is 48.5 Å². The Morgan fingerprint density at radius 2 is 1.57 bits per heavy atom. The lowest BCUT2D eigenvalue weighted by atomic mass is 10.1. The van der Waals surface area contributed by atoms with Crippen molar-refractivity contribution in [1.29, 1.82) is 0 Å². The zero-order valence-electron chi connectivity index (χ0n) is 11.6. The summed E-state index contributed by atoms with van der Waals surface area (Å²) < 4.78 is 37.9. The third-order valence-corrected chi connectivity index (χ3v) is 2.86. The average Bonchev–Trinajstić information content (AvgIpc) is 2.46. The number of amides is 3.